The van der Waals surface area contributed by atoms with Crippen LogP contribution in [0.25, 0.3) is 0 Å². The number of methoxy groups -OCH3 is 1. The fourth-order valence-corrected chi connectivity index (χ4v) is 2.73. The molecule has 20 heavy (non-hydrogen) atoms. The fraction of sp³-hybridized carbons (Fsp3) is 0.562. The van der Waals surface area contributed by atoms with Crippen molar-refractivity contribution in [2.24, 2.45) is 5.92 Å². The van der Waals surface area contributed by atoms with Crippen LogP contribution in [0.15, 0.2) is 24.3 Å². The zero-order chi connectivity index (χ0) is 14.5. The lowest BCUT2D eigenvalue weighted by atomic mass is 9.95. The molecule has 1 saturated heterocycles. The minimum Gasteiger partial charge on any atom is -0.497 e. The van der Waals surface area contributed by atoms with Crippen LogP contribution in [0.2, 0.25) is 0 Å². The molecule has 1 aromatic rings. The van der Waals surface area contributed by atoms with E-state index >= 15 is 0 Å². The molecule has 1 heterocycles. The van der Waals surface area contributed by atoms with Crippen LogP contribution in [0.1, 0.15) is 18.4 Å². The lowest BCUT2D eigenvalue weighted by Crippen LogP contribution is -2.39. The number of nitrogens with zero attached hydrogens (tertiary/aromatic N) is 2. The number of amides is 1. The number of hydrogen-bond acceptors (Lipinski definition) is 3. The Morgan fingerprint density at radius 1 is 1.35 bits per heavy atom. The van der Waals surface area contributed by atoms with Crippen LogP contribution in [0.5, 0.6) is 5.75 Å². The fourth-order valence-electron chi connectivity index (χ4n) is 2.73. The largest absolute Gasteiger partial charge is 0.497 e. The predicted octanol–water partition coefficient (Wildman–Crippen LogP) is 2.00. The van der Waals surface area contributed by atoms with Gasteiger partial charge in [0.15, 0.2) is 0 Å². The van der Waals surface area contributed by atoms with Crippen molar-refractivity contribution >= 4 is 5.91 Å². The summed E-state index contributed by atoms with van der Waals surface area (Å²) < 4.78 is 5.25. The van der Waals surface area contributed by atoms with Gasteiger partial charge in [-0.2, -0.15) is 0 Å². The van der Waals surface area contributed by atoms with Gasteiger partial charge in [-0.1, -0.05) is 12.1 Å². The Morgan fingerprint density at radius 2 is 2.05 bits per heavy atom. The van der Waals surface area contributed by atoms with Crippen LogP contribution in [0.4, 0.5) is 0 Å². The number of likely N-dealkylation sites (tertiary alicyclic amines) is 1. The number of carbonyl (C=O) groups excluding carboxylic acids is 1. The predicted molar refractivity (Wildman–Crippen MR) is 79.7 cm³/mol. The molecule has 1 aliphatic heterocycles. The standard InChI is InChI=1S/C16H24N2O2/c1-17(2)16(19)14-7-9-18(10-8-14)12-13-5-4-6-15(11-13)20-3/h4-6,11,14H,7-10,12H2,1-3H3. The van der Waals surface area contributed by atoms with E-state index in [9.17, 15) is 4.79 Å². The molecule has 4 nitrogen and oxygen atoms in total. The number of carbonyl (C=O) groups is 1. The van der Waals surface area contributed by atoms with Gasteiger partial charge in [-0.25, -0.2) is 0 Å². The molecule has 0 spiro atoms. The minimum absolute atomic E-state index is 0.201. The first kappa shape index (κ1) is 14.9. The molecule has 0 aliphatic carbocycles. The SMILES string of the molecule is COc1cccc(CN2CCC(C(=O)N(C)C)CC2)c1. The molecule has 0 radical (unpaired) electrons. The van der Waals surface area contributed by atoms with E-state index in [0.29, 0.717) is 0 Å². The zero-order valence-electron chi connectivity index (χ0n) is 12.6. The van der Waals surface area contributed by atoms with Crippen LogP contribution in [-0.4, -0.2) is 50.0 Å². The normalized spacial score (nSPS) is 16.9. The first-order chi connectivity index (χ1) is 9.60. The Labute approximate surface area is 121 Å². The van der Waals surface area contributed by atoms with Crippen molar-refractivity contribution < 1.29 is 9.53 Å². The highest BCUT2D eigenvalue weighted by atomic mass is 16.5. The van der Waals surface area contributed by atoms with Gasteiger partial charge >= 0.3 is 0 Å². The van der Waals surface area contributed by atoms with Gasteiger partial charge in [0.2, 0.25) is 5.91 Å². The molecule has 0 bridgehead atoms. The van der Waals surface area contributed by atoms with Crippen LogP contribution < -0.4 is 4.74 Å². The molecule has 0 unspecified atom stereocenters. The van der Waals surface area contributed by atoms with Gasteiger partial charge in [0, 0.05) is 26.6 Å². The summed E-state index contributed by atoms with van der Waals surface area (Å²) in [5, 5.41) is 0. The van der Waals surface area contributed by atoms with E-state index in [1.807, 2.05) is 26.2 Å². The molecular formula is C16H24N2O2. The molecule has 0 aromatic heterocycles. The molecule has 0 saturated carbocycles. The number of piperidine rings is 1. The maximum absolute atomic E-state index is 11.9. The minimum atomic E-state index is 0.201. The van der Waals surface area contributed by atoms with Crippen LogP contribution in [-0.2, 0) is 11.3 Å². The summed E-state index contributed by atoms with van der Waals surface area (Å²) in [7, 11) is 5.37. The molecule has 0 atom stereocenters. The lowest BCUT2D eigenvalue weighted by molar-refractivity contribution is -0.134. The zero-order valence-corrected chi connectivity index (χ0v) is 12.6. The van der Waals surface area contributed by atoms with E-state index in [1.165, 1.54) is 5.56 Å². The summed E-state index contributed by atoms with van der Waals surface area (Å²) in [6, 6.07) is 8.19. The van der Waals surface area contributed by atoms with E-state index in [2.05, 4.69) is 17.0 Å². The molecule has 0 N–H and O–H groups in total. The third-order valence-corrected chi connectivity index (χ3v) is 3.92. The van der Waals surface area contributed by atoms with Crippen LogP contribution in [0.3, 0.4) is 0 Å². The second-order valence-corrected chi connectivity index (χ2v) is 5.63. The second kappa shape index (κ2) is 6.75. The Hall–Kier alpha value is -1.55. The van der Waals surface area contributed by atoms with Crippen molar-refractivity contribution in [3.8, 4) is 5.75 Å². The van der Waals surface area contributed by atoms with E-state index in [-0.39, 0.29) is 11.8 Å². The molecular weight excluding hydrogens is 252 g/mol. The van der Waals surface area contributed by atoms with E-state index in [4.69, 9.17) is 4.74 Å². The molecule has 2 rings (SSSR count). The van der Waals surface area contributed by atoms with Crippen molar-refractivity contribution in [1.82, 2.24) is 9.80 Å². The Kier molecular flexibility index (Phi) is 5.01. The third kappa shape index (κ3) is 3.73. The van der Waals surface area contributed by atoms with E-state index in [1.54, 1.807) is 12.0 Å². The monoisotopic (exact) mass is 276 g/mol. The molecule has 4 heteroatoms. The summed E-state index contributed by atoms with van der Waals surface area (Å²) in [5.74, 6) is 1.37. The van der Waals surface area contributed by atoms with Crippen molar-refractivity contribution in [2.75, 3.05) is 34.3 Å². The summed E-state index contributed by atoms with van der Waals surface area (Å²) in [6.07, 6.45) is 1.92. The van der Waals surface area contributed by atoms with Crippen molar-refractivity contribution in [3.05, 3.63) is 29.8 Å². The Balaban J connectivity index is 1.86. The van der Waals surface area contributed by atoms with Crippen molar-refractivity contribution in [3.63, 3.8) is 0 Å². The van der Waals surface area contributed by atoms with E-state index < -0.39 is 0 Å². The highest BCUT2D eigenvalue weighted by Crippen LogP contribution is 2.21. The van der Waals surface area contributed by atoms with Crippen molar-refractivity contribution in [1.29, 1.82) is 0 Å². The van der Waals surface area contributed by atoms with Gasteiger partial charge < -0.3 is 9.64 Å². The molecule has 1 aromatic carbocycles. The van der Waals surface area contributed by atoms with Gasteiger partial charge in [-0.3, -0.25) is 9.69 Å². The Morgan fingerprint density at radius 3 is 2.65 bits per heavy atom. The average Bonchev–Trinajstić information content (AvgIpc) is 2.47. The number of hydrogen-bond donors (Lipinski definition) is 0. The Bertz CT molecular complexity index is 452. The van der Waals surface area contributed by atoms with Crippen molar-refractivity contribution in [2.45, 2.75) is 19.4 Å². The van der Waals surface area contributed by atoms with E-state index in [0.717, 1.165) is 38.2 Å². The number of rotatable bonds is 4. The van der Waals surface area contributed by atoms with Gasteiger partial charge in [-0.15, -0.1) is 0 Å². The first-order valence-corrected chi connectivity index (χ1v) is 7.16. The van der Waals surface area contributed by atoms with Gasteiger partial charge in [0.1, 0.15) is 5.75 Å². The van der Waals surface area contributed by atoms with Gasteiger partial charge in [-0.05, 0) is 43.6 Å². The molecule has 110 valence electrons. The molecule has 1 aliphatic rings. The van der Waals surface area contributed by atoms with Gasteiger partial charge in [0.25, 0.3) is 0 Å². The summed E-state index contributed by atoms with van der Waals surface area (Å²) in [5.41, 5.74) is 1.27. The quantitative estimate of drug-likeness (QED) is 0.843. The summed E-state index contributed by atoms with van der Waals surface area (Å²) >= 11 is 0. The smallest absolute Gasteiger partial charge is 0.225 e. The second-order valence-electron chi connectivity index (χ2n) is 5.63. The molecule has 1 amide bonds. The molecule has 1 fully saturated rings. The topological polar surface area (TPSA) is 32.8 Å². The number of ether oxygens (including phenoxy) is 1. The highest BCUT2D eigenvalue weighted by molar-refractivity contribution is 5.78. The summed E-state index contributed by atoms with van der Waals surface area (Å²) in [6.45, 7) is 2.91. The highest BCUT2D eigenvalue weighted by Gasteiger charge is 2.25. The number of benzene rings is 1. The third-order valence-electron chi connectivity index (χ3n) is 3.92. The van der Waals surface area contributed by atoms with Crippen LogP contribution >= 0.6 is 0 Å². The average molecular weight is 276 g/mol. The van der Waals surface area contributed by atoms with Gasteiger partial charge in [0.05, 0.1) is 7.11 Å². The summed E-state index contributed by atoms with van der Waals surface area (Å²) in [4.78, 5) is 16.1. The van der Waals surface area contributed by atoms with Crippen LogP contribution in [0, 0.1) is 5.92 Å². The first-order valence-electron chi connectivity index (χ1n) is 7.16. The lowest BCUT2D eigenvalue weighted by Gasteiger charge is -2.32. The maximum atomic E-state index is 11.9. The maximum Gasteiger partial charge on any atom is 0.225 e.